The summed E-state index contributed by atoms with van der Waals surface area (Å²) in [6.07, 6.45) is 10.8. The molecule has 0 spiro atoms. The highest BCUT2D eigenvalue weighted by atomic mass is 15.5. The van der Waals surface area contributed by atoms with E-state index in [-0.39, 0.29) is 0 Å². The van der Waals surface area contributed by atoms with Crippen LogP contribution in [0.2, 0.25) is 0 Å². The molecule has 0 bridgehead atoms. The topological polar surface area (TPSA) is 102 Å². The van der Waals surface area contributed by atoms with Crippen molar-refractivity contribution in [2.75, 3.05) is 11.2 Å². The molecule has 5 rings (SSSR count). The molecule has 0 saturated carbocycles. The number of imidazole rings is 1. The van der Waals surface area contributed by atoms with Crippen LogP contribution in [0.15, 0.2) is 61.4 Å². The molecular formula is C17H14N8. The minimum atomic E-state index is 0.684. The average Bonchev–Trinajstić information content (AvgIpc) is 3.33. The van der Waals surface area contributed by atoms with E-state index < -0.39 is 0 Å². The van der Waals surface area contributed by atoms with Gasteiger partial charge in [-0.2, -0.15) is 9.89 Å². The Balaban J connectivity index is 1.58. The highest BCUT2D eigenvalue weighted by Crippen LogP contribution is 2.26. The molecule has 1 aromatic carbocycles. The standard InChI is InChI=1S/C17H14N8/c18-25-10-12(8-22-25)15-9-21-17-16(20-5-6-24(15)17)23-13-1-2-14-11(7-13)3-4-19-14/h1-10,19H,18H2,(H,20,23). The van der Waals surface area contributed by atoms with E-state index in [1.54, 1.807) is 24.8 Å². The number of rotatable bonds is 3. The molecule has 122 valence electrons. The van der Waals surface area contributed by atoms with Crippen LogP contribution in [-0.4, -0.2) is 29.2 Å². The van der Waals surface area contributed by atoms with Crippen LogP contribution in [-0.2, 0) is 0 Å². The zero-order valence-electron chi connectivity index (χ0n) is 13.1. The average molecular weight is 330 g/mol. The number of hydrogen-bond acceptors (Lipinski definition) is 5. The summed E-state index contributed by atoms with van der Waals surface area (Å²) >= 11 is 0. The predicted molar refractivity (Wildman–Crippen MR) is 95.9 cm³/mol. The third kappa shape index (κ3) is 2.19. The molecule has 5 aromatic rings. The SMILES string of the molecule is Nn1cc(-c2cnc3c(Nc4ccc5[nH]ccc5c4)nccn23)cn1. The van der Waals surface area contributed by atoms with E-state index in [1.807, 2.05) is 35.0 Å². The fraction of sp³-hybridized carbons (Fsp3) is 0. The summed E-state index contributed by atoms with van der Waals surface area (Å²) in [6.45, 7) is 0. The third-order valence-electron chi connectivity index (χ3n) is 4.14. The number of fused-ring (bicyclic) bond motifs is 2. The van der Waals surface area contributed by atoms with Crippen LogP contribution < -0.4 is 11.2 Å². The van der Waals surface area contributed by atoms with Crippen molar-refractivity contribution < 1.29 is 0 Å². The number of nitrogens with zero attached hydrogens (tertiary/aromatic N) is 5. The largest absolute Gasteiger partial charge is 0.361 e. The molecule has 0 saturated heterocycles. The molecule has 4 N–H and O–H groups in total. The monoisotopic (exact) mass is 330 g/mol. The quantitative estimate of drug-likeness (QED) is 0.441. The number of aromatic nitrogens is 6. The molecule has 0 fully saturated rings. The van der Waals surface area contributed by atoms with Gasteiger partial charge in [0.1, 0.15) is 0 Å². The van der Waals surface area contributed by atoms with E-state index in [1.165, 1.54) is 4.79 Å². The van der Waals surface area contributed by atoms with Gasteiger partial charge in [0.25, 0.3) is 0 Å². The van der Waals surface area contributed by atoms with Gasteiger partial charge in [-0.05, 0) is 24.3 Å². The molecule has 8 heteroatoms. The van der Waals surface area contributed by atoms with Crippen LogP contribution in [0.25, 0.3) is 27.8 Å². The Morgan fingerprint density at radius 1 is 1.12 bits per heavy atom. The highest BCUT2D eigenvalue weighted by molar-refractivity contribution is 5.85. The summed E-state index contributed by atoms with van der Waals surface area (Å²) in [6, 6.07) is 8.14. The molecule has 0 amide bonds. The smallest absolute Gasteiger partial charge is 0.180 e. The number of aromatic amines is 1. The fourth-order valence-corrected chi connectivity index (χ4v) is 2.96. The Bertz CT molecular complexity index is 1200. The summed E-state index contributed by atoms with van der Waals surface area (Å²) in [4.78, 5) is 13.4. The van der Waals surface area contributed by atoms with E-state index >= 15 is 0 Å². The zero-order chi connectivity index (χ0) is 16.8. The molecule has 0 aliphatic heterocycles. The van der Waals surface area contributed by atoms with Gasteiger partial charge in [-0.15, -0.1) is 0 Å². The number of hydrogen-bond donors (Lipinski definition) is 3. The van der Waals surface area contributed by atoms with Crippen molar-refractivity contribution in [1.82, 2.24) is 29.2 Å². The Morgan fingerprint density at radius 3 is 2.96 bits per heavy atom. The Labute approximate surface area is 141 Å². The van der Waals surface area contributed by atoms with Crippen LogP contribution in [0.5, 0.6) is 0 Å². The van der Waals surface area contributed by atoms with Gasteiger partial charge in [0.2, 0.25) is 0 Å². The van der Waals surface area contributed by atoms with Crippen molar-refractivity contribution >= 4 is 28.1 Å². The minimum Gasteiger partial charge on any atom is -0.361 e. The fourth-order valence-electron chi connectivity index (χ4n) is 2.96. The second-order valence-corrected chi connectivity index (χ2v) is 5.73. The summed E-state index contributed by atoms with van der Waals surface area (Å²) in [5.41, 5.74) is 4.57. The van der Waals surface area contributed by atoms with Crippen LogP contribution in [0, 0.1) is 0 Å². The third-order valence-corrected chi connectivity index (χ3v) is 4.14. The molecule has 4 aromatic heterocycles. The van der Waals surface area contributed by atoms with Crippen molar-refractivity contribution in [2.24, 2.45) is 0 Å². The van der Waals surface area contributed by atoms with Gasteiger partial charge in [-0.25, -0.2) is 9.97 Å². The summed E-state index contributed by atoms with van der Waals surface area (Å²) in [7, 11) is 0. The lowest BCUT2D eigenvalue weighted by Gasteiger charge is -2.07. The van der Waals surface area contributed by atoms with E-state index in [2.05, 4.69) is 31.4 Å². The number of benzene rings is 1. The van der Waals surface area contributed by atoms with Crippen LogP contribution >= 0.6 is 0 Å². The Morgan fingerprint density at radius 2 is 2.08 bits per heavy atom. The molecule has 0 aliphatic carbocycles. The molecular weight excluding hydrogens is 316 g/mol. The van der Waals surface area contributed by atoms with E-state index in [0.29, 0.717) is 5.82 Å². The summed E-state index contributed by atoms with van der Waals surface area (Å²) in [5.74, 6) is 6.33. The van der Waals surface area contributed by atoms with E-state index in [0.717, 1.165) is 33.5 Å². The number of nitrogens with two attached hydrogens (primary N) is 1. The predicted octanol–water partition coefficient (Wildman–Crippen LogP) is 2.53. The number of nitrogen functional groups attached to an aromatic ring is 1. The number of nitrogens with one attached hydrogen (secondary N) is 2. The van der Waals surface area contributed by atoms with Crippen molar-refractivity contribution in [1.29, 1.82) is 0 Å². The Hall–Kier alpha value is -3.81. The van der Waals surface area contributed by atoms with Crippen LogP contribution in [0.3, 0.4) is 0 Å². The van der Waals surface area contributed by atoms with Gasteiger partial charge in [-0.3, -0.25) is 4.40 Å². The molecule has 8 nitrogen and oxygen atoms in total. The van der Waals surface area contributed by atoms with E-state index in [9.17, 15) is 0 Å². The first-order chi connectivity index (χ1) is 12.3. The lowest BCUT2D eigenvalue weighted by Crippen LogP contribution is -2.07. The van der Waals surface area contributed by atoms with Crippen molar-refractivity contribution in [2.45, 2.75) is 0 Å². The molecule has 25 heavy (non-hydrogen) atoms. The molecule has 0 atom stereocenters. The van der Waals surface area contributed by atoms with Gasteiger partial charge in [-0.1, -0.05) is 0 Å². The highest BCUT2D eigenvalue weighted by Gasteiger charge is 2.12. The maximum Gasteiger partial charge on any atom is 0.180 e. The van der Waals surface area contributed by atoms with Crippen molar-refractivity contribution in [3.05, 3.63) is 61.4 Å². The van der Waals surface area contributed by atoms with Crippen molar-refractivity contribution in [3.8, 4) is 11.3 Å². The normalized spacial score (nSPS) is 11.4. The Kier molecular flexibility index (Phi) is 2.78. The number of H-pyrrole nitrogens is 1. The minimum absolute atomic E-state index is 0.684. The first-order valence-electron chi connectivity index (χ1n) is 7.74. The van der Waals surface area contributed by atoms with E-state index in [4.69, 9.17) is 5.84 Å². The second kappa shape index (κ2) is 5.10. The van der Waals surface area contributed by atoms with Gasteiger partial charge >= 0.3 is 0 Å². The molecule has 0 aliphatic rings. The maximum absolute atomic E-state index is 5.65. The lowest BCUT2D eigenvalue weighted by atomic mass is 10.2. The van der Waals surface area contributed by atoms with Gasteiger partial charge in [0, 0.05) is 40.7 Å². The lowest BCUT2D eigenvalue weighted by molar-refractivity contribution is 0.832. The van der Waals surface area contributed by atoms with Crippen LogP contribution in [0.4, 0.5) is 11.5 Å². The first kappa shape index (κ1) is 13.6. The molecule has 0 unspecified atom stereocenters. The van der Waals surface area contributed by atoms with Gasteiger partial charge in [0.15, 0.2) is 11.5 Å². The molecule has 0 radical (unpaired) electrons. The first-order valence-corrected chi connectivity index (χ1v) is 7.74. The van der Waals surface area contributed by atoms with Gasteiger partial charge in [0.05, 0.1) is 24.3 Å². The number of anilines is 2. The second-order valence-electron chi connectivity index (χ2n) is 5.73. The maximum atomic E-state index is 5.65. The van der Waals surface area contributed by atoms with Crippen molar-refractivity contribution in [3.63, 3.8) is 0 Å². The zero-order valence-corrected chi connectivity index (χ0v) is 13.1. The molecule has 4 heterocycles. The summed E-state index contributed by atoms with van der Waals surface area (Å²) < 4.78 is 1.96. The summed E-state index contributed by atoms with van der Waals surface area (Å²) in [5, 5.41) is 8.49. The van der Waals surface area contributed by atoms with Gasteiger partial charge < -0.3 is 16.1 Å². The van der Waals surface area contributed by atoms with Crippen LogP contribution in [0.1, 0.15) is 0 Å².